The Morgan fingerprint density at radius 3 is 2.82 bits per heavy atom. The zero-order valence-electron chi connectivity index (χ0n) is 16.7. The maximum Gasteiger partial charge on any atom is 0.140 e. The fourth-order valence-corrected chi connectivity index (χ4v) is 3.85. The molecule has 0 bridgehead atoms. The van der Waals surface area contributed by atoms with E-state index in [-0.39, 0.29) is 0 Å². The normalized spacial score (nSPS) is 15.8. The number of likely N-dealkylation sites (tertiary alicyclic amines) is 1. The highest BCUT2D eigenvalue weighted by molar-refractivity contribution is 5.80. The zero-order chi connectivity index (χ0) is 19.3. The molecule has 28 heavy (non-hydrogen) atoms. The Morgan fingerprint density at radius 1 is 1.21 bits per heavy atom. The number of piperidine rings is 1. The van der Waals surface area contributed by atoms with Gasteiger partial charge in [-0.2, -0.15) is 0 Å². The number of imidazole rings is 1. The fourth-order valence-electron chi connectivity index (χ4n) is 3.85. The molecule has 1 aromatic carbocycles. The molecule has 1 aliphatic heterocycles. The van der Waals surface area contributed by atoms with Gasteiger partial charge >= 0.3 is 0 Å². The molecule has 4 rings (SSSR count). The van der Waals surface area contributed by atoms with Crippen molar-refractivity contribution in [3.05, 3.63) is 36.5 Å². The van der Waals surface area contributed by atoms with Gasteiger partial charge in [0.2, 0.25) is 0 Å². The van der Waals surface area contributed by atoms with Crippen LogP contribution in [0.1, 0.15) is 25.7 Å². The first-order valence-electron chi connectivity index (χ1n) is 10.1. The van der Waals surface area contributed by atoms with E-state index < -0.39 is 0 Å². The molecule has 1 aliphatic rings. The summed E-state index contributed by atoms with van der Waals surface area (Å²) in [4.78, 5) is 15.0. The van der Waals surface area contributed by atoms with Crippen LogP contribution < -0.4 is 10.1 Å². The van der Waals surface area contributed by atoms with E-state index in [1.807, 2.05) is 30.5 Å². The molecule has 0 aliphatic carbocycles. The lowest BCUT2D eigenvalue weighted by molar-refractivity contribution is 0.211. The molecule has 148 valence electrons. The second-order valence-electron chi connectivity index (χ2n) is 7.72. The predicted molar refractivity (Wildman–Crippen MR) is 114 cm³/mol. The van der Waals surface area contributed by atoms with Crippen LogP contribution in [0, 0.1) is 5.92 Å². The third kappa shape index (κ3) is 4.44. The number of pyridine rings is 1. The maximum atomic E-state index is 5.27. The van der Waals surface area contributed by atoms with E-state index >= 15 is 0 Å². The number of anilines is 1. The number of ether oxygens (including phenoxy) is 1. The number of fused-ring (bicyclic) bond motifs is 1. The van der Waals surface area contributed by atoms with E-state index in [1.165, 1.54) is 38.8 Å². The van der Waals surface area contributed by atoms with Crippen molar-refractivity contribution in [2.75, 3.05) is 39.1 Å². The highest BCUT2D eigenvalue weighted by atomic mass is 16.5. The summed E-state index contributed by atoms with van der Waals surface area (Å²) in [5.74, 6) is 3.44. The van der Waals surface area contributed by atoms with Crippen LogP contribution in [-0.2, 0) is 0 Å². The number of nitrogens with one attached hydrogen (secondary N) is 2. The van der Waals surface area contributed by atoms with Gasteiger partial charge in [-0.05, 0) is 76.0 Å². The van der Waals surface area contributed by atoms with Crippen LogP contribution in [0.25, 0.3) is 22.4 Å². The number of aromatic nitrogens is 3. The van der Waals surface area contributed by atoms with Gasteiger partial charge in [0.15, 0.2) is 0 Å². The van der Waals surface area contributed by atoms with Gasteiger partial charge in [-0.1, -0.05) is 0 Å². The van der Waals surface area contributed by atoms with Crippen LogP contribution in [0.15, 0.2) is 36.5 Å². The van der Waals surface area contributed by atoms with Gasteiger partial charge in [-0.15, -0.1) is 0 Å². The lowest BCUT2D eigenvalue weighted by atomic mass is 9.92. The molecule has 0 amide bonds. The number of aromatic amines is 1. The third-order valence-corrected chi connectivity index (χ3v) is 5.66. The van der Waals surface area contributed by atoms with Gasteiger partial charge in [0, 0.05) is 24.4 Å². The summed E-state index contributed by atoms with van der Waals surface area (Å²) >= 11 is 0. The van der Waals surface area contributed by atoms with E-state index in [0.29, 0.717) is 0 Å². The molecule has 0 radical (unpaired) electrons. The highest BCUT2D eigenvalue weighted by Crippen LogP contribution is 2.24. The largest absolute Gasteiger partial charge is 0.497 e. The van der Waals surface area contributed by atoms with Gasteiger partial charge in [0.05, 0.1) is 18.1 Å². The van der Waals surface area contributed by atoms with Crippen LogP contribution in [0.2, 0.25) is 0 Å². The van der Waals surface area contributed by atoms with Crippen molar-refractivity contribution in [1.82, 2.24) is 19.9 Å². The number of nitrogens with zero attached hydrogens (tertiary/aromatic N) is 3. The van der Waals surface area contributed by atoms with Crippen molar-refractivity contribution < 1.29 is 4.74 Å². The van der Waals surface area contributed by atoms with Crippen molar-refractivity contribution in [1.29, 1.82) is 0 Å². The van der Waals surface area contributed by atoms with Crippen molar-refractivity contribution in [2.24, 2.45) is 5.92 Å². The molecule has 1 fully saturated rings. The Balaban J connectivity index is 1.30. The Hall–Kier alpha value is -2.60. The quantitative estimate of drug-likeness (QED) is 0.603. The molecule has 1 saturated heterocycles. The number of rotatable bonds is 7. The van der Waals surface area contributed by atoms with E-state index in [0.717, 1.165) is 46.5 Å². The van der Waals surface area contributed by atoms with Crippen LogP contribution in [0.5, 0.6) is 5.75 Å². The smallest absolute Gasteiger partial charge is 0.140 e. The fraction of sp³-hybridized carbons (Fsp3) is 0.455. The lowest BCUT2D eigenvalue weighted by Crippen LogP contribution is -2.30. The SMILES string of the molecule is COc1ccc2[nH]c(-c3ccc(NCCCC4CCN(C)CC4)nc3)nc2c1. The topological polar surface area (TPSA) is 66.1 Å². The summed E-state index contributed by atoms with van der Waals surface area (Å²) in [7, 11) is 3.88. The standard InChI is InChI=1S/C22H29N5O/c1-27-12-9-16(10-13-27)4-3-11-23-21-8-5-17(15-24-21)22-25-19-7-6-18(28-2)14-20(19)26-22/h5-8,14-16H,3-4,9-13H2,1-2H3,(H,23,24)(H,25,26). The Kier molecular flexibility index (Phi) is 5.76. The number of methoxy groups -OCH3 is 1. The molecule has 0 atom stereocenters. The van der Waals surface area contributed by atoms with E-state index in [9.17, 15) is 0 Å². The molecule has 6 heteroatoms. The molecule has 0 unspecified atom stereocenters. The van der Waals surface area contributed by atoms with Crippen LogP contribution in [0.3, 0.4) is 0 Å². The van der Waals surface area contributed by atoms with Gasteiger partial charge in [0.25, 0.3) is 0 Å². The Bertz CT molecular complexity index is 897. The molecule has 2 aromatic heterocycles. The Labute approximate surface area is 166 Å². The summed E-state index contributed by atoms with van der Waals surface area (Å²) in [5.41, 5.74) is 2.87. The first-order chi connectivity index (χ1) is 13.7. The maximum absolute atomic E-state index is 5.27. The molecule has 3 aromatic rings. The molecule has 2 N–H and O–H groups in total. The zero-order valence-corrected chi connectivity index (χ0v) is 16.7. The molecule has 0 spiro atoms. The number of benzene rings is 1. The van der Waals surface area contributed by atoms with E-state index in [2.05, 4.69) is 38.3 Å². The molecule has 0 saturated carbocycles. The number of H-pyrrole nitrogens is 1. The van der Waals surface area contributed by atoms with Gasteiger partial charge in [0.1, 0.15) is 17.4 Å². The summed E-state index contributed by atoms with van der Waals surface area (Å²) < 4.78 is 5.27. The van der Waals surface area contributed by atoms with Crippen molar-refractivity contribution >= 4 is 16.9 Å². The van der Waals surface area contributed by atoms with E-state index in [1.54, 1.807) is 7.11 Å². The van der Waals surface area contributed by atoms with Gasteiger partial charge in [-0.3, -0.25) is 0 Å². The van der Waals surface area contributed by atoms with Crippen molar-refractivity contribution in [3.63, 3.8) is 0 Å². The number of hydrogen-bond acceptors (Lipinski definition) is 5. The highest BCUT2D eigenvalue weighted by Gasteiger charge is 2.15. The second kappa shape index (κ2) is 8.61. The van der Waals surface area contributed by atoms with Crippen molar-refractivity contribution in [2.45, 2.75) is 25.7 Å². The third-order valence-electron chi connectivity index (χ3n) is 5.66. The predicted octanol–water partition coefficient (Wildman–Crippen LogP) is 4.17. The van der Waals surface area contributed by atoms with Crippen LogP contribution >= 0.6 is 0 Å². The summed E-state index contributed by atoms with van der Waals surface area (Å²) in [5, 5.41) is 3.44. The lowest BCUT2D eigenvalue weighted by Gasteiger charge is -2.28. The first kappa shape index (κ1) is 18.7. The minimum absolute atomic E-state index is 0.809. The Morgan fingerprint density at radius 2 is 2.07 bits per heavy atom. The molecular formula is C22H29N5O. The first-order valence-corrected chi connectivity index (χ1v) is 10.1. The van der Waals surface area contributed by atoms with Gasteiger partial charge < -0.3 is 19.9 Å². The van der Waals surface area contributed by atoms with Crippen LogP contribution in [0.4, 0.5) is 5.82 Å². The molecule has 3 heterocycles. The summed E-state index contributed by atoms with van der Waals surface area (Å²) in [6.45, 7) is 3.47. The van der Waals surface area contributed by atoms with E-state index in [4.69, 9.17) is 4.74 Å². The number of hydrogen-bond donors (Lipinski definition) is 2. The molecule has 6 nitrogen and oxygen atoms in total. The van der Waals surface area contributed by atoms with Gasteiger partial charge in [-0.25, -0.2) is 9.97 Å². The minimum atomic E-state index is 0.809. The summed E-state index contributed by atoms with van der Waals surface area (Å²) in [6, 6.07) is 9.93. The van der Waals surface area contributed by atoms with Crippen molar-refractivity contribution in [3.8, 4) is 17.1 Å². The average Bonchev–Trinajstić information content (AvgIpc) is 3.16. The van der Waals surface area contributed by atoms with Crippen LogP contribution in [-0.4, -0.2) is 53.6 Å². The summed E-state index contributed by atoms with van der Waals surface area (Å²) in [6.07, 6.45) is 7.05. The molecular weight excluding hydrogens is 350 g/mol. The minimum Gasteiger partial charge on any atom is -0.497 e. The second-order valence-corrected chi connectivity index (χ2v) is 7.72. The average molecular weight is 380 g/mol. The monoisotopic (exact) mass is 379 g/mol.